The highest BCUT2D eigenvalue weighted by Crippen LogP contribution is 2.32. The van der Waals surface area contributed by atoms with Crippen LogP contribution in [0.2, 0.25) is 0 Å². The molecule has 1 aliphatic rings. The molecule has 0 saturated heterocycles. The van der Waals surface area contributed by atoms with Crippen LogP contribution in [0.3, 0.4) is 0 Å². The van der Waals surface area contributed by atoms with Crippen molar-refractivity contribution in [3.05, 3.63) is 48.7 Å². The topological polar surface area (TPSA) is 76.2 Å². The number of carbonyl (C=O) groups excluding carboxylic acids is 1. The number of ether oxygens (including phenoxy) is 2. The van der Waals surface area contributed by atoms with Gasteiger partial charge in [0.1, 0.15) is 18.2 Å². The molecule has 6 nitrogen and oxygen atoms in total. The minimum atomic E-state index is -0.264. The summed E-state index contributed by atoms with van der Waals surface area (Å²) in [7, 11) is 0. The molecule has 0 atom stereocenters. The van der Waals surface area contributed by atoms with Gasteiger partial charge in [-0.1, -0.05) is 0 Å². The molecule has 1 aromatic heterocycles. The Morgan fingerprint density at radius 1 is 1.17 bits per heavy atom. The van der Waals surface area contributed by atoms with Crippen LogP contribution in [0.5, 0.6) is 11.5 Å². The van der Waals surface area contributed by atoms with Gasteiger partial charge in [0.25, 0.3) is 5.91 Å². The van der Waals surface area contributed by atoms with Crippen molar-refractivity contribution < 1.29 is 14.3 Å². The molecule has 0 radical (unpaired) electrons. The van der Waals surface area contributed by atoms with Crippen molar-refractivity contribution in [3.63, 3.8) is 0 Å². The first-order valence-electron chi connectivity index (χ1n) is 5.26. The lowest BCUT2D eigenvalue weighted by atomic mass is 10.2. The van der Waals surface area contributed by atoms with E-state index in [0.29, 0.717) is 22.9 Å². The number of hydrogen-bond donors (Lipinski definition) is 2. The van der Waals surface area contributed by atoms with Crippen LogP contribution in [0.25, 0.3) is 0 Å². The van der Waals surface area contributed by atoms with E-state index >= 15 is 0 Å². The number of rotatable bonds is 2. The fraction of sp³-hybridized carbons (Fsp3) is 0. The minimum Gasteiger partial charge on any atom is -0.458 e. The Morgan fingerprint density at radius 2 is 2.00 bits per heavy atom. The van der Waals surface area contributed by atoms with Gasteiger partial charge in [-0.05, 0) is 18.2 Å². The van der Waals surface area contributed by atoms with E-state index in [2.05, 4.69) is 15.5 Å². The predicted octanol–water partition coefficient (Wildman–Crippen LogP) is 1.90. The van der Waals surface area contributed by atoms with E-state index in [1.807, 2.05) is 0 Å². The van der Waals surface area contributed by atoms with E-state index in [4.69, 9.17) is 9.47 Å². The van der Waals surface area contributed by atoms with Gasteiger partial charge in [0.15, 0.2) is 11.5 Å². The number of benzene rings is 1. The molecular weight excluding hydrogens is 234 g/mol. The van der Waals surface area contributed by atoms with Crippen LogP contribution in [0.4, 0.5) is 5.69 Å². The minimum absolute atomic E-state index is 0.264. The van der Waals surface area contributed by atoms with Crippen molar-refractivity contribution in [1.29, 1.82) is 0 Å². The molecule has 1 aliphatic heterocycles. The summed E-state index contributed by atoms with van der Waals surface area (Å²) in [5.74, 6) is 0.900. The van der Waals surface area contributed by atoms with Crippen LogP contribution >= 0.6 is 0 Å². The van der Waals surface area contributed by atoms with Crippen molar-refractivity contribution >= 4 is 11.6 Å². The third-order valence-electron chi connectivity index (χ3n) is 2.39. The highest BCUT2D eigenvalue weighted by atomic mass is 16.5. The van der Waals surface area contributed by atoms with Crippen molar-refractivity contribution in [2.75, 3.05) is 5.32 Å². The maximum atomic E-state index is 11.8. The molecule has 90 valence electrons. The zero-order valence-corrected chi connectivity index (χ0v) is 9.21. The Labute approximate surface area is 102 Å². The summed E-state index contributed by atoms with van der Waals surface area (Å²) in [6.07, 6.45) is 4.40. The summed E-state index contributed by atoms with van der Waals surface area (Å²) >= 11 is 0. The molecule has 0 spiro atoms. The first-order valence-corrected chi connectivity index (χ1v) is 5.26. The van der Waals surface area contributed by atoms with E-state index in [1.54, 1.807) is 24.3 Å². The van der Waals surface area contributed by atoms with Gasteiger partial charge in [0.2, 0.25) is 0 Å². The SMILES string of the molecule is O=C(Nc1ccc2c(c1)OC=CO2)c1ccn[nH]1. The Hall–Kier alpha value is -2.76. The summed E-state index contributed by atoms with van der Waals surface area (Å²) in [5.41, 5.74) is 1.01. The smallest absolute Gasteiger partial charge is 0.273 e. The van der Waals surface area contributed by atoms with Crippen LogP contribution in [-0.2, 0) is 0 Å². The van der Waals surface area contributed by atoms with Gasteiger partial charge in [-0.25, -0.2) is 0 Å². The van der Waals surface area contributed by atoms with Crippen molar-refractivity contribution in [3.8, 4) is 11.5 Å². The number of anilines is 1. The molecular formula is C12H9N3O3. The largest absolute Gasteiger partial charge is 0.458 e. The van der Waals surface area contributed by atoms with E-state index in [0.717, 1.165) is 0 Å². The van der Waals surface area contributed by atoms with E-state index in [9.17, 15) is 4.79 Å². The molecule has 0 bridgehead atoms. The Balaban J connectivity index is 1.80. The molecule has 3 rings (SSSR count). The van der Waals surface area contributed by atoms with Crippen LogP contribution < -0.4 is 14.8 Å². The number of aromatic amines is 1. The van der Waals surface area contributed by atoms with Gasteiger partial charge >= 0.3 is 0 Å². The Kier molecular flexibility index (Phi) is 2.45. The zero-order valence-electron chi connectivity index (χ0n) is 9.21. The summed E-state index contributed by atoms with van der Waals surface area (Å²) in [6, 6.07) is 6.74. The zero-order chi connectivity index (χ0) is 12.4. The van der Waals surface area contributed by atoms with Gasteiger partial charge in [-0.3, -0.25) is 9.89 Å². The average Bonchev–Trinajstić information content (AvgIpc) is 2.92. The molecule has 0 unspecified atom stereocenters. The van der Waals surface area contributed by atoms with Gasteiger partial charge in [-0.2, -0.15) is 5.10 Å². The first kappa shape index (κ1) is 10.4. The molecule has 2 heterocycles. The van der Waals surface area contributed by atoms with Crippen molar-refractivity contribution in [1.82, 2.24) is 10.2 Å². The van der Waals surface area contributed by atoms with Crippen molar-refractivity contribution in [2.24, 2.45) is 0 Å². The summed E-state index contributed by atoms with van der Waals surface area (Å²) in [5, 5.41) is 9.03. The third-order valence-corrected chi connectivity index (χ3v) is 2.39. The highest BCUT2D eigenvalue weighted by Gasteiger charge is 2.11. The lowest BCUT2D eigenvalue weighted by molar-refractivity contribution is 0.102. The number of hydrogen-bond acceptors (Lipinski definition) is 4. The number of amides is 1. The number of nitrogens with zero attached hydrogens (tertiary/aromatic N) is 1. The van der Waals surface area contributed by atoms with E-state index in [-0.39, 0.29) is 5.91 Å². The maximum absolute atomic E-state index is 11.8. The van der Waals surface area contributed by atoms with Gasteiger partial charge in [0.05, 0.1) is 0 Å². The number of carbonyl (C=O) groups is 1. The summed E-state index contributed by atoms with van der Waals surface area (Å²) < 4.78 is 10.5. The molecule has 2 aromatic rings. The second kappa shape index (κ2) is 4.25. The van der Waals surface area contributed by atoms with Crippen LogP contribution in [0.1, 0.15) is 10.5 Å². The Bertz CT molecular complexity index is 605. The van der Waals surface area contributed by atoms with Crippen LogP contribution in [-0.4, -0.2) is 16.1 Å². The molecule has 1 aromatic carbocycles. The number of nitrogens with one attached hydrogen (secondary N) is 2. The standard InChI is InChI=1S/C12H9N3O3/c16-12(9-3-4-13-15-9)14-8-1-2-10-11(7-8)18-6-5-17-10/h1-7H,(H,13,15)(H,14,16). The lowest BCUT2D eigenvalue weighted by Gasteiger charge is -2.13. The Morgan fingerprint density at radius 3 is 2.78 bits per heavy atom. The van der Waals surface area contributed by atoms with Crippen molar-refractivity contribution in [2.45, 2.75) is 0 Å². The highest BCUT2D eigenvalue weighted by molar-refractivity contribution is 6.02. The number of H-pyrrole nitrogens is 1. The lowest BCUT2D eigenvalue weighted by Crippen LogP contribution is -2.12. The molecule has 0 aliphatic carbocycles. The van der Waals surface area contributed by atoms with Gasteiger partial charge in [-0.15, -0.1) is 0 Å². The molecule has 6 heteroatoms. The predicted molar refractivity (Wildman–Crippen MR) is 63.4 cm³/mol. The van der Waals surface area contributed by atoms with Gasteiger partial charge in [0, 0.05) is 18.0 Å². The summed E-state index contributed by atoms with van der Waals surface area (Å²) in [4.78, 5) is 11.8. The second-order valence-electron chi connectivity index (χ2n) is 3.59. The van der Waals surface area contributed by atoms with Crippen LogP contribution in [0, 0.1) is 0 Å². The summed E-state index contributed by atoms with van der Waals surface area (Å²) in [6.45, 7) is 0. The maximum Gasteiger partial charge on any atom is 0.273 e. The monoisotopic (exact) mass is 243 g/mol. The first-order chi connectivity index (χ1) is 8.83. The fourth-order valence-electron chi connectivity index (χ4n) is 1.56. The molecule has 0 saturated carbocycles. The van der Waals surface area contributed by atoms with E-state index < -0.39 is 0 Å². The van der Waals surface area contributed by atoms with Gasteiger partial charge < -0.3 is 14.8 Å². The molecule has 1 amide bonds. The molecule has 0 fully saturated rings. The second-order valence-corrected chi connectivity index (χ2v) is 3.59. The van der Waals surface area contributed by atoms with Crippen LogP contribution in [0.15, 0.2) is 43.0 Å². The normalized spacial score (nSPS) is 12.2. The molecule has 18 heavy (non-hydrogen) atoms. The quantitative estimate of drug-likeness (QED) is 0.844. The third kappa shape index (κ3) is 1.91. The fourth-order valence-corrected chi connectivity index (χ4v) is 1.56. The number of fused-ring (bicyclic) bond motifs is 1. The van der Waals surface area contributed by atoms with E-state index in [1.165, 1.54) is 18.7 Å². The molecule has 2 N–H and O–H groups in total. The number of aromatic nitrogens is 2. The average molecular weight is 243 g/mol.